The zero-order chi connectivity index (χ0) is 17.7. The molecule has 1 aromatic carbocycles. The highest BCUT2D eigenvalue weighted by Gasteiger charge is 2.29. The largest absolute Gasteiger partial charge is 0.494 e. The first-order chi connectivity index (χ1) is 11.4. The van der Waals surface area contributed by atoms with Crippen molar-refractivity contribution < 1.29 is 9.53 Å². The van der Waals surface area contributed by atoms with Gasteiger partial charge in [0.15, 0.2) is 5.16 Å². The third kappa shape index (κ3) is 4.20. The number of hydrogen-bond acceptors (Lipinski definition) is 5. The summed E-state index contributed by atoms with van der Waals surface area (Å²) in [5, 5.41) is 12.7. The van der Waals surface area contributed by atoms with Gasteiger partial charge < -0.3 is 15.0 Å². The number of rotatable bonds is 7. The van der Waals surface area contributed by atoms with Gasteiger partial charge >= 0.3 is 0 Å². The van der Waals surface area contributed by atoms with Crippen molar-refractivity contribution in [2.75, 3.05) is 12.4 Å². The van der Waals surface area contributed by atoms with Gasteiger partial charge in [-0.3, -0.25) is 4.79 Å². The van der Waals surface area contributed by atoms with Gasteiger partial charge in [-0.1, -0.05) is 25.6 Å². The molecule has 6 nitrogen and oxygen atoms in total. The molecule has 0 aliphatic carbocycles. The summed E-state index contributed by atoms with van der Waals surface area (Å²) >= 11 is 1.31. The number of hydrogen-bond donors (Lipinski definition) is 2. The van der Waals surface area contributed by atoms with Crippen LogP contribution in [-0.4, -0.2) is 33.8 Å². The van der Waals surface area contributed by atoms with E-state index < -0.39 is 5.54 Å². The Hall–Kier alpha value is -2.20. The van der Waals surface area contributed by atoms with Gasteiger partial charge in [-0.25, -0.2) is 4.98 Å². The predicted octanol–water partition coefficient (Wildman–Crippen LogP) is 3.11. The Balaban J connectivity index is 2.00. The molecular formula is C17H22N4O2S. The smallest absolute Gasteiger partial charge is 0.231 e. The first-order valence-corrected chi connectivity index (χ1v) is 8.84. The summed E-state index contributed by atoms with van der Waals surface area (Å²) in [7, 11) is 0. The zero-order valence-corrected chi connectivity index (χ0v) is 15.2. The molecule has 0 saturated heterocycles. The zero-order valence-electron chi connectivity index (χ0n) is 14.3. The van der Waals surface area contributed by atoms with Crippen LogP contribution < -0.4 is 10.1 Å². The van der Waals surface area contributed by atoms with Gasteiger partial charge in [0.1, 0.15) is 11.3 Å². The molecule has 7 heteroatoms. The number of imidazole rings is 1. The standard InChI is InChI=1S/C17H22N4O2S/c1-5-23-12-6-7-13-14(8-12)20-16(19-13)24-9-15(22)21-17(4,10-18)11(2)3/h6-8,11H,5,9H2,1-4H3,(H,19,20)(H,21,22)/t17-/m0/s1. The van der Waals surface area contributed by atoms with Gasteiger partial charge in [0.2, 0.25) is 5.91 Å². The van der Waals surface area contributed by atoms with E-state index in [0.29, 0.717) is 11.8 Å². The van der Waals surface area contributed by atoms with Crippen molar-refractivity contribution in [2.45, 2.75) is 38.4 Å². The van der Waals surface area contributed by atoms with Crippen LogP contribution in [0.3, 0.4) is 0 Å². The van der Waals surface area contributed by atoms with Gasteiger partial charge in [-0.15, -0.1) is 0 Å². The minimum atomic E-state index is -0.863. The number of benzene rings is 1. The monoisotopic (exact) mass is 346 g/mol. The average molecular weight is 346 g/mol. The lowest BCUT2D eigenvalue weighted by Crippen LogP contribution is -2.49. The number of nitrogens with one attached hydrogen (secondary N) is 2. The summed E-state index contributed by atoms with van der Waals surface area (Å²) in [6, 6.07) is 7.81. The normalized spacial score (nSPS) is 13.5. The maximum Gasteiger partial charge on any atom is 0.231 e. The molecule has 0 unspecified atom stereocenters. The summed E-state index contributed by atoms with van der Waals surface area (Å²) in [5.41, 5.74) is 0.830. The quantitative estimate of drug-likeness (QED) is 0.752. The first kappa shape index (κ1) is 18.1. The molecule has 0 saturated carbocycles. The summed E-state index contributed by atoms with van der Waals surface area (Å²) in [5.74, 6) is 0.819. The van der Waals surface area contributed by atoms with Crippen molar-refractivity contribution in [3.05, 3.63) is 18.2 Å². The number of aromatic nitrogens is 2. The third-order valence-electron chi connectivity index (χ3n) is 3.87. The minimum Gasteiger partial charge on any atom is -0.494 e. The van der Waals surface area contributed by atoms with Gasteiger partial charge in [-0.05, 0) is 31.9 Å². The summed E-state index contributed by atoms with van der Waals surface area (Å²) in [6.07, 6.45) is 0. The van der Waals surface area contributed by atoms with Gasteiger partial charge in [0.05, 0.1) is 29.5 Å². The number of nitriles is 1. The Morgan fingerprint density at radius 3 is 2.92 bits per heavy atom. The third-order valence-corrected chi connectivity index (χ3v) is 4.74. The van der Waals surface area contributed by atoms with E-state index in [1.54, 1.807) is 6.92 Å². The number of nitrogens with zero attached hydrogens (tertiary/aromatic N) is 2. The van der Waals surface area contributed by atoms with Crippen LogP contribution in [0.25, 0.3) is 11.0 Å². The van der Waals surface area contributed by atoms with Crippen molar-refractivity contribution in [1.82, 2.24) is 15.3 Å². The van der Waals surface area contributed by atoms with E-state index in [0.717, 1.165) is 16.8 Å². The SMILES string of the molecule is CCOc1ccc2nc(SCC(=O)N[C@@](C)(C#N)C(C)C)[nH]c2c1. The molecule has 0 radical (unpaired) electrons. The van der Waals surface area contributed by atoms with Crippen molar-refractivity contribution in [1.29, 1.82) is 5.26 Å². The maximum atomic E-state index is 12.1. The number of H-pyrrole nitrogens is 1. The molecule has 24 heavy (non-hydrogen) atoms. The second-order valence-corrected chi connectivity index (χ2v) is 6.92. The van der Waals surface area contributed by atoms with Crippen molar-refractivity contribution in [3.8, 4) is 11.8 Å². The summed E-state index contributed by atoms with van der Waals surface area (Å²) in [4.78, 5) is 19.7. The van der Waals surface area contributed by atoms with E-state index in [2.05, 4.69) is 21.4 Å². The molecule has 1 amide bonds. The highest BCUT2D eigenvalue weighted by molar-refractivity contribution is 7.99. The van der Waals surface area contributed by atoms with Crippen LogP contribution >= 0.6 is 11.8 Å². The fourth-order valence-electron chi connectivity index (χ4n) is 2.05. The summed E-state index contributed by atoms with van der Waals surface area (Å²) < 4.78 is 5.46. The van der Waals surface area contributed by atoms with Gasteiger partial charge in [0, 0.05) is 6.07 Å². The summed E-state index contributed by atoms with van der Waals surface area (Å²) in [6.45, 7) is 8.09. The number of thioether (sulfide) groups is 1. The number of amides is 1. The van der Waals surface area contributed by atoms with Crippen LogP contribution in [0.5, 0.6) is 5.75 Å². The molecule has 1 heterocycles. The van der Waals surface area contributed by atoms with Crippen LogP contribution in [0.1, 0.15) is 27.7 Å². The molecule has 2 rings (SSSR count). The number of carbonyl (C=O) groups is 1. The molecule has 1 atom stereocenters. The maximum absolute atomic E-state index is 12.1. The average Bonchev–Trinajstić information content (AvgIpc) is 2.95. The lowest BCUT2D eigenvalue weighted by atomic mass is 9.90. The molecule has 0 fully saturated rings. The number of fused-ring (bicyclic) bond motifs is 1. The van der Waals surface area contributed by atoms with Gasteiger partial charge in [-0.2, -0.15) is 5.26 Å². The Kier molecular flexibility index (Phi) is 5.73. The molecule has 0 aliphatic rings. The molecule has 0 spiro atoms. The highest BCUT2D eigenvalue weighted by Crippen LogP contribution is 2.23. The Labute approximate surface area is 146 Å². The lowest BCUT2D eigenvalue weighted by molar-refractivity contribution is -0.120. The van der Waals surface area contributed by atoms with E-state index in [1.165, 1.54) is 11.8 Å². The number of carbonyl (C=O) groups excluding carboxylic acids is 1. The fraction of sp³-hybridized carbons (Fsp3) is 0.471. The van der Waals surface area contributed by atoms with Crippen LogP contribution in [0, 0.1) is 17.2 Å². The lowest BCUT2D eigenvalue weighted by Gasteiger charge is -2.27. The topological polar surface area (TPSA) is 90.8 Å². The number of aromatic amines is 1. The van der Waals surface area contributed by atoms with E-state index in [-0.39, 0.29) is 17.6 Å². The van der Waals surface area contributed by atoms with E-state index in [4.69, 9.17) is 4.74 Å². The van der Waals surface area contributed by atoms with Crippen molar-refractivity contribution in [2.24, 2.45) is 5.92 Å². The second-order valence-electron chi connectivity index (χ2n) is 5.96. The Bertz CT molecular complexity index is 766. The van der Waals surface area contributed by atoms with Crippen LogP contribution in [0.15, 0.2) is 23.4 Å². The molecule has 0 bridgehead atoms. The first-order valence-electron chi connectivity index (χ1n) is 7.85. The molecule has 1 aromatic heterocycles. The van der Waals surface area contributed by atoms with Crippen LogP contribution in [0.2, 0.25) is 0 Å². The van der Waals surface area contributed by atoms with Crippen LogP contribution in [0.4, 0.5) is 0 Å². The predicted molar refractivity (Wildman–Crippen MR) is 95.0 cm³/mol. The van der Waals surface area contributed by atoms with Crippen molar-refractivity contribution >= 4 is 28.7 Å². The second kappa shape index (κ2) is 7.58. The fourth-order valence-corrected chi connectivity index (χ4v) is 2.74. The molecule has 2 aromatic rings. The molecular weight excluding hydrogens is 324 g/mol. The van der Waals surface area contributed by atoms with Crippen molar-refractivity contribution in [3.63, 3.8) is 0 Å². The van der Waals surface area contributed by atoms with E-state index >= 15 is 0 Å². The molecule has 0 aliphatic heterocycles. The Morgan fingerprint density at radius 2 is 2.29 bits per heavy atom. The van der Waals surface area contributed by atoms with E-state index in [1.807, 2.05) is 39.0 Å². The van der Waals surface area contributed by atoms with Crippen LogP contribution in [-0.2, 0) is 4.79 Å². The number of ether oxygens (including phenoxy) is 1. The highest BCUT2D eigenvalue weighted by atomic mass is 32.2. The molecule has 2 N–H and O–H groups in total. The Morgan fingerprint density at radius 1 is 1.54 bits per heavy atom. The minimum absolute atomic E-state index is 0.0274. The van der Waals surface area contributed by atoms with Gasteiger partial charge in [0.25, 0.3) is 0 Å². The van der Waals surface area contributed by atoms with E-state index in [9.17, 15) is 10.1 Å². The molecule has 128 valence electrons.